The smallest absolute Gasteiger partial charge is 0.255 e. The van der Waals surface area contributed by atoms with Crippen LogP contribution in [-0.4, -0.2) is 33.4 Å². The van der Waals surface area contributed by atoms with Gasteiger partial charge in [-0.25, -0.2) is 4.98 Å². The first-order chi connectivity index (χ1) is 16.6. The maximum Gasteiger partial charge on any atom is 0.255 e. The van der Waals surface area contributed by atoms with E-state index >= 15 is 0 Å². The van der Waals surface area contributed by atoms with Crippen LogP contribution in [0.2, 0.25) is 0 Å². The second-order valence-corrected chi connectivity index (χ2v) is 8.67. The maximum absolute atomic E-state index is 13.5. The second-order valence-electron chi connectivity index (χ2n) is 8.67. The molecule has 0 N–H and O–H groups in total. The zero-order valence-electron chi connectivity index (χ0n) is 19.1. The van der Waals surface area contributed by atoms with Gasteiger partial charge in [-0.3, -0.25) is 19.1 Å². The van der Waals surface area contributed by atoms with Crippen molar-refractivity contribution in [2.75, 3.05) is 18.0 Å². The van der Waals surface area contributed by atoms with Gasteiger partial charge in [0.05, 0.1) is 5.69 Å². The SMILES string of the molecule is Cn1c(N2CCCC(C(=O)c3cccc(-c4ccccc4)c3)C2)nc(-c2ccncc2)cc1=O. The van der Waals surface area contributed by atoms with Crippen LogP contribution < -0.4 is 10.5 Å². The molecule has 5 rings (SSSR count). The van der Waals surface area contributed by atoms with Gasteiger partial charge in [0.2, 0.25) is 5.95 Å². The van der Waals surface area contributed by atoms with Crippen LogP contribution in [0.25, 0.3) is 22.4 Å². The van der Waals surface area contributed by atoms with Gasteiger partial charge in [0.1, 0.15) is 0 Å². The third-order valence-corrected chi connectivity index (χ3v) is 6.42. The Balaban J connectivity index is 1.41. The zero-order chi connectivity index (χ0) is 23.5. The fourth-order valence-corrected chi connectivity index (χ4v) is 4.57. The van der Waals surface area contributed by atoms with E-state index in [0.717, 1.165) is 41.6 Å². The largest absolute Gasteiger partial charge is 0.341 e. The summed E-state index contributed by atoms with van der Waals surface area (Å²) in [6, 6.07) is 23.2. The fourth-order valence-electron chi connectivity index (χ4n) is 4.57. The molecule has 1 aliphatic heterocycles. The molecule has 1 atom stereocenters. The lowest BCUT2D eigenvalue weighted by Crippen LogP contribution is -2.41. The Hall–Kier alpha value is -4.06. The van der Waals surface area contributed by atoms with Crippen LogP contribution in [0.4, 0.5) is 5.95 Å². The van der Waals surface area contributed by atoms with Gasteiger partial charge in [-0.1, -0.05) is 48.5 Å². The molecule has 0 spiro atoms. The number of carbonyl (C=O) groups excluding carboxylic acids is 1. The molecule has 0 aliphatic carbocycles. The molecule has 170 valence electrons. The van der Waals surface area contributed by atoms with E-state index in [2.05, 4.69) is 9.88 Å². The molecule has 6 nitrogen and oxygen atoms in total. The minimum absolute atomic E-state index is 0.124. The average molecular weight is 451 g/mol. The van der Waals surface area contributed by atoms with E-state index in [1.54, 1.807) is 30.1 Å². The highest BCUT2D eigenvalue weighted by atomic mass is 16.1. The molecule has 4 aromatic rings. The molecular formula is C28H26N4O2. The molecule has 3 heterocycles. The summed E-state index contributed by atoms with van der Waals surface area (Å²) in [5.74, 6) is 0.578. The number of carbonyl (C=O) groups is 1. The van der Waals surface area contributed by atoms with Crippen molar-refractivity contribution >= 4 is 11.7 Å². The second kappa shape index (κ2) is 9.43. The third kappa shape index (κ3) is 4.39. The standard InChI is InChI=1S/C28H26N4O2/c1-31-26(33)18-25(21-12-14-29-15-13-21)30-28(31)32-16-6-11-24(19-32)27(34)23-10-5-9-22(17-23)20-7-3-2-4-8-20/h2-5,7-10,12-15,17-18,24H,6,11,16,19H2,1H3. The van der Waals surface area contributed by atoms with Gasteiger partial charge in [-0.15, -0.1) is 0 Å². The number of anilines is 1. The summed E-state index contributed by atoms with van der Waals surface area (Å²) in [6.07, 6.45) is 5.06. The Morgan fingerprint density at radius 1 is 0.912 bits per heavy atom. The molecule has 0 radical (unpaired) electrons. The highest BCUT2D eigenvalue weighted by molar-refractivity contribution is 5.99. The van der Waals surface area contributed by atoms with Gasteiger partial charge in [0.25, 0.3) is 5.56 Å². The Bertz CT molecular complexity index is 1370. The predicted molar refractivity (Wildman–Crippen MR) is 134 cm³/mol. The molecule has 0 saturated carbocycles. The molecule has 34 heavy (non-hydrogen) atoms. The van der Waals surface area contributed by atoms with Gasteiger partial charge in [-0.05, 0) is 42.2 Å². The molecular weight excluding hydrogens is 424 g/mol. The number of hydrogen-bond acceptors (Lipinski definition) is 5. The molecule has 1 unspecified atom stereocenters. The number of nitrogens with zero attached hydrogens (tertiary/aromatic N) is 4. The van der Waals surface area contributed by atoms with E-state index in [9.17, 15) is 9.59 Å². The van der Waals surface area contributed by atoms with Crippen LogP contribution in [0.5, 0.6) is 0 Å². The average Bonchev–Trinajstić information content (AvgIpc) is 2.91. The van der Waals surface area contributed by atoms with E-state index in [4.69, 9.17) is 4.98 Å². The Kier molecular flexibility index (Phi) is 6.04. The van der Waals surface area contributed by atoms with E-state index in [1.165, 1.54) is 0 Å². The van der Waals surface area contributed by atoms with Crippen LogP contribution in [0.1, 0.15) is 23.2 Å². The van der Waals surface area contributed by atoms with Crippen molar-refractivity contribution in [1.29, 1.82) is 0 Å². The third-order valence-electron chi connectivity index (χ3n) is 6.42. The minimum atomic E-state index is -0.152. The first kappa shape index (κ1) is 21.8. The summed E-state index contributed by atoms with van der Waals surface area (Å²) in [6.45, 7) is 1.29. The van der Waals surface area contributed by atoms with Crippen LogP contribution in [-0.2, 0) is 7.05 Å². The first-order valence-corrected chi connectivity index (χ1v) is 11.5. The Labute approximate surface area is 198 Å². The molecule has 1 aliphatic rings. The summed E-state index contributed by atoms with van der Waals surface area (Å²) in [4.78, 5) is 37.1. The van der Waals surface area contributed by atoms with Crippen molar-refractivity contribution in [2.45, 2.75) is 12.8 Å². The summed E-state index contributed by atoms with van der Waals surface area (Å²) in [5, 5.41) is 0. The summed E-state index contributed by atoms with van der Waals surface area (Å²) in [7, 11) is 1.73. The van der Waals surface area contributed by atoms with Crippen molar-refractivity contribution in [3.8, 4) is 22.4 Å². The van der Waals surface area contributed by atoms with Gasteiger partial charge in [0, 0.05) is 55.6 Å². The monoisotopic (exact) mass is 450 g/mol. The zero-order valence-corrected chi connectivity index (χ0v) is 19.1. The van der Waals surface area contributed by atoms with Gasteiger partial charge in [-0.2, -0.15) is 0 Å². The van der Waals surface area contributed by atoms with Crippen molar-refractivity contribution in [1.82, 2.24) is 14.5 Å². The first-order valence-electron chi connectivity index (χ1n) is 11.5. The topological polar surface area (TPSA) is 68.1 Å². The normalized spacial score (nSPS) is 15.8. The van der Waals surface area contributed by atoms with Crippen LogP contribution >= 0.6 is 0 Å². The number of pyridine rings is 1. The number of ketones is 1. The van der Waals surface area contributed by atoms with Gasteiger partial charge in [0.15, 0.2) is 5.78 Å². The number of Topliss-reactive ketones (excluding diaryl/α,β-unsaturated/α-hetero) is 1. The molecule has 2 aromatic heterocycles. The van der Waals surface area contributed by atoms with E-state index in [-0.39, 0.29) is 17.3 Å². The molecule has 2 aromatic carbocycles. The number of hydrogen-bond donors (Lipinski definition) is 0. The van der Waals surface area contributed by atoms with E-state index < -0.39 is 0 Å². The summed E-state index contributed by atoms with van der Waals surface area (Å²) < 4.78 is 1.56. The van der Waals surface area contributed by atoms with E-state index in [0.29, 0.717) is 18.2 Å². The van der Waals surface area contributed by atoms with E-state index in [1.807, 2.05) is 66.7 Å². The van der Waals surface area contributed by atoms with Crippen molar-refractivity contribution in [3.05, 3.63) is 101 Å². The molecule has 1 saturated heterocycles. The number of piperidine rings is 1. The van der Waals surface area contributed by atoms with Gasteiger partial charge >= 0.3 is 0 Å². The number of aromatic nitrogens is 3. The predicted octanol–water partition coefficient (Wildman–Crippen LogP) is 4.61. The number of benzene rings is 2. The lowest BCUT2D eigenvalue weighted by Gasteiger charge is -2.33. The summed E-state index contributed by atoms with van der Waals surface area (Å²) >= 11 is 0. The lowest BCUT2D eigenvalue weighted by atomic mass is 9.89. The molecule has 1 fully saturated rings. The van der Waals surface area contributed by atoms with Crippen molar-refractivity contribution in [2.24, 2.45) is 13.0 Å². The maximum atomic E-state index is 13.5. The Morgan fingerprint density at radius 3 is 2.47 bits per heavy atom. The van der Waals surface area contributed by atoms with Crippen LogP contribution in [0.3, 0.4) is 0 Å². The lowest BCUT2D eigenvalue weighted by molar-refractivity contribution is 0.0906. The minimum Gasteiger partial charge on any atom is -0.341 e. The highest BCUT2D eigenvalue weighted by Gasteiger charge is 2.29. The van der Waals surface area contributed by atoms with Crippen molar-refractivity contribution < 1.29 is 4.79 Å². The molecule has 0 amide bonds. The highest BCUT2D eigenvalue weighted by Crippen LogP contribution is 2.27. The van der Waals surface area contributed by atoms with Gasteiger partial charge < -0.3 is 4.90 Å². The molecule has 0 bridgehead atoms. The number of rotatable bonds is 5. The van der Waals surface area contributed by atoms with Crippen molar-refractivity contribution in [3.63, 3.8) is 0 Å². The molecule has 6 heteroatoms. The van der Waals surface area contributed by atoms with Crippen LogP contribution in [0, 0.1) is 5.92 Å². The summed E-state index contributed by atoms with van der Waals surface area (Å²) in [5.41, 5.74) is 4.19. The fraction of sp³-hybridized carbons (Fsp3) is 0.214. The Morgan fingerprint density at radius 2 is 1.68 bits per heavy atom. The van der Waals surface area contributed by atoms with Crippen LogP contribution in [0.15, 0.2) is 90.0 Å². The quantitative estimate of drug-likeness (QED) is 0.416.